The van der Waals surface area contributed by atoms with E-state index in [1.54, 1.807) is 0 Å². The molecule has 5 nitrogen and oxygen atoms in total. The van der Waals surface area contributed by atoms with E-state index in [9.17, 15) is 4.79 Å². The van der Waals surface area contributed by atoms with Crippen LogP contribution in [0.1, 0.15) is 10.5 Å². The Bertz CT molecular complexity index is 445. The Morgan fingerprint density at radius 1 is 1.75 bits per heavy atom. The van der Waals surface area contributed by atoms with Crippen molar-refractivity contribution in [3.8, 4) is 0 Å². The van der Waals surface area contributed by atoms with Crippen molar-refractivity contribution in [2.45, 2.75) is 0 Å². The minimum Gasteiger partial charge on any atom is -0.476 e. The molecular weight excluding hydrogens is 184 g/mol. The first-order chi connectivity index (χ1) is 5.70. The van der Waals surface area contributed by atoms with Gasteiger partial charge in [0, 0.05) is 0 Å². The van der Waals surface area contributed by atoms with Crippen LogP contribution in [0, 0.1) is 0 Å². The summed E-state index contributed by atoms with van der Waals surface area (Å²) in [6.45, 7) is 0. The highest BCUT2D eigenvalue weighted by Crippen LogP contribution is 2.17. The van der Waals surface area contributed by atoms with Gasteiger partial charge in [0.05, 0.1) is 6.20 Å². The molecule has 0 aliphatic rings. The standard InChI is InChI=1S/C6H3ClN2O3/c7-6-8-3(5(10)11)4-9(6)1-2-12-4/h1-2H,(H,10,11). The molecular formula is C6H3ClN2O3. The van der Waals surface area contributed by atoms with E-state index in [4.69, 9.17) is 21.1 Å². The van der Waals surface area contributed by atoms with Crippen molar-refractivity contribution in [1.82, 2.24) is 9.38 Å². The fourth-order valence-corrected chi connectivity index (χ4v) is 1.15. The van der Waals surface area contributed by atoms with Crippen LogP contribution in [-0.4, -0.2) is 20.5 Å². The molecule has 0 bridgehead atoms. The van der Waals surface area contributed by atoms with Crippen LogP contribution in [0.15, 0.2) is 16.9 Å². The molecule has 12 heavy (non-hydrogen) atoms. The Kier molecular flexibility index (Phi) is 1.34. The van der Waals surface area contributed by atoms with Crippen LogP contribution in [0.3, 0.4) is 0 Å². The number of hydrogen-bond acceptors (Lipinski definition) is 3. The molecule has 0 unspecified atom stereocenters. The van der Waals surface area contributed by atoms with Crippen molar-refractivity contribution in [3.05, 3.63) is 23.4 Å². The number of halogens is 1. The zero-order valence-electron chi connectivity index (χ0n) is 5.69. The molecule has 0 aliphatic heterocycles. The van der Waals surface area contributed by atoms with Gasteiger partial charge in [0.2, 0.25) is 16.7 Å². The van der Waals surface area contributed by atoms with Crippen molar-refractivity contribution in [2.75, 3.05) is 0 Å². The second kappa shape index (κ2) is 2.25. The summed E-state index contributed by atoms with van der Waals surface area (Å²) in [6.07, 6.45) is 2.84. The lowest BCUT2D eigenvalue weighted by Crippen LogP contribution is -1.96. The van der Waals surface area contributed by atoms with Crippen molar-refractivity contribution in [1.29, 1.82) is 0 Å². The quantitative estimate of drug-likeness (QED) is 0.729. The van der Waals surface area contributed by atoms with Gasteiger partial charge < -0.3 is 9.52 Å². The fraction of sp³-hybridized carbons (Fsp3) is 0. The number of imidazole rings is 1. The van der Waals surface area contributed by atoms with Crippen LogP contribution >= 0.6 is 11.6 Å². The van der Waals surface area contributed by atoms with Crippen LogP contribution in [0.5, 0.6) is 0 Å². The van der Waals surface area contributed by atoms with Gasteiger partial charge in [-0.15, -0.1) is 0 Å². The van der Waals surface area contributed by atoms with Crippen molar-refractivity contribution in [2.24, 2.45) is 0 Å². The SMILES string of the molecule is O=C(O)c1nc(Cl)n2ccoc12. The summed E-state index contributed by atoms with van der Waals surface area (Å²) in [7, 11) is 0. The molecule has 0 saturated carbocycles. The highest BCUT2D eigenvalue weighted by atomic mass is 35.5. The first kappa shape index (κ1) is 7.17. The number of carboxylic acid groups (broad SMARTS) is 1. The summed E-state index contributed by atoms with van der Waals surface area (Å²) in [6, 6.07) is 0. The number of aromatic carboxylic acids is 1. The normalized spacial score (nSPS) is 10.8. The third kappa shape index (κ3) is 0.799. The number of carboxylic acids is 1. The van der Waals surface area contributed by atoms with Gasteiger partial charge in [0.1, 0.15) is 6.26 Å². The molecule has 0 fully saturated rings. The maximum absolute atomic E-state index is 10.5. The van der Waals surface area contributed by atoms with Gasteiger partial charge >= 0.3 is 5.97 Å². The van der Waals surface area contributed by atoms with Crippen LogP contribution in [0.25, 0.3) is 5.71 Å². The summed E-state index contributed by atoms with van der Waals surface area (Å²) in [4.78, 5) is 14.1. The minimum absolute atomic E-state index is 0.0798. The average Bonchev–Trinajstić information content (AvgIpc) is 2.53. The smallest absolute Gasteiger partial charge is 0.360 e. The second-order valence-electron chi connectivity index (χ2n) is 2.11. The largest absolute Gasteiger partial charge is 0.476 e. The number of fused-ring (bicyclic) bond motifs is 1. The number of hydrogen-bond donors (Lipinski definition) is 1. The molecule has 2 aromatic rings. The first-order valence-corrected chi connectivity index (χ1v) is 3.42. The Hall–Kier alpha value is -1.49. The monoisotopic (exact) mass is 186 g/mol. The number of carbonyl (C=O) groups is 1. The number of nitrogens with zero attached hydrogens (tertiary/aromatic N) is 2. The Morgan fingerprint density at radius 2 is 2.50 bits per heavy atom. The molecule has 0 spiro atoms. The predicted octanol–water partition coefficient (Wildman–Crippen LogP) is 1.28. The molecule has 2 rings (SSSR count). The topological polar surface area (TPSA) is 67.7 Å². The van der Waals surface area contributed by atoms with E-state index in [2.05, 4.69) is 4.98 Å². The second-order valence-corrected chi connectivity index (χ2v) is 2.45. The van der Waals surface area contributed by atoms with Gasteiger partial charge in [-0.25, -0.2) is 9.78 Å². The Balaban J connectivity index is 2.83. The maximum Gasteiger partial charge on any atom is 0.360 e. The predicted molar refractivity (Wildman–Crippen MR) is 39.4 cm³/mol. The molecule has 0 saturated heterocycles. The molecule has 0 amide bonds. The molecule has 2 heterocycles. The zero-order chi connectivity index (χ0) is 8.72. The number of rotatable bonds is 1. The molecule has 0 aliphatic carbocycles. The van der Waals surface area contributed by atoms with Crippen LogP contribution < -0.4 is 0 Å². The van der Waals surface area contributed by atoms with Crippen LogP contribution in [0.2, 0.25) is 5.28 Å². The summed E-state index contributed by atoms with van der Waals surface area (Å²) in [5.41, 5.74) is -0.0301. The summed E-state index contributed by atoms with van der Waals surface area (Å²) < 4.78 is 6.22. The Morgan fingerprint density at radius 3 is 3.17 bits per heavy atom. The van der Waals surface area contributed by atoms with Gasteiger partial charge in [-0.3, -0.25) is 4.40 Å². The van der Waals surface area contributed by atoms with E-state index in [-0.39, 0.29) is 16.7 Å². The lowest BCUT2D eigenvalue weighted by molar-refractivity contribution is 0.0692. The zero-order valence-corrected chi connectivity index (χ0v) is 6.45. The van der Waals surface area contributed by atoms with Crippen LogP contribution in [-0.2, 0) is 0 Å². The average molecular weight is 187 g/mol. The van der Waals surface area contributed by atoms with Gasteiger partial charge in [0.25, 0.3) is 0 Å². The molecule has 62 valence electrons. The molecule has 0 radical (unpaired) electrons. The van der Waals surface area contributed by atoms with Crippen LogP contribution in [0.4, 0.5) is 0 Å². The molecule has 0 atom stereocenters. The third-order valence-corrected chi connectivity index (χ3v) is 1.68. The molecule has 0 aromatic carbocycles. The Labute approximate surface area is 71.2 Å². The van der Waals surface area contributed by atoms with Crippen molar-refractivity contribution >= 4 is 23.3 Å². The third-order valence-electron chi connectivity index (χ3n) is 1.42. The van der Waals surface area contributed by atoms with Gasteiger partial charge in [-0.1, -0.05) is 0 Å². The highest BCUT2D eigenvalue weighted by molar-refractivity contribution is 6.29. The van der Waals surface area contributed by atoms with Crippen molar-refractivity contribution < 1.29 is 14.3 Å². The summed E-state index contributed by atoms with van der Waals surface area (Å²) >= 11 is 5.59. The lowest BCUT2D eigenvalue weighted by atomic mass is 10.5. The molecule has 1 N–H and O–H groups in total. The van der Waals surface area contributed by atoms with E-state index in [0.717, 1.165) is 0 Å². The minimum atomic E-state index is -1.16. The summed E-state index contributed by atoms with van der Waals surface area (Å²) in [5, 5.41) is 8.70. The van der Waals surface area contributed by atoms with E-state index >= 15 is 0 Å². The summed E-state index contributed by atoms with van der Waals surface area (Å²) in [5.74, 6) is -1.16. The first-order valence-electron chi connectivity index (χ1n) is 3.04. The highest BCUT2D eigenvalue weighted by Gasteiger charge is 2.17. The van der Waals surface area contributed by atoms with Gasteiger partial charge in [0.15, 0.2) is 0 Å². The number of oxazole rings is 1. The maximum atomic E-state index is 10.5. The fourth-order valence-electron chi connectivity index (χ4n) is 0.929. The van der Waals surface area contributed by atoms with Gasteiger partial charge in [-0.05, 0) is 11.6 Å². The number of aromatic nitrogens is 2. The van der Waals surface area contributed by atoms with Crippen molar-refractivity contribution in [3.63, 3.8) is 0 Å². The van der Waals surface area contributed by atoms with E-state index in [1.165, 1.54) is 16.9 Å². The van der Waals surface area contributed by atoms with E-state index < -0.39 is 5.97 Å². The lowest BCUT2D eigenvalue weighted by Gasteiger charge is -1.81. The molecule has 2 aromatic heterocycles. The van der Waals surface area contributed by atoms with Gasteiger partial charge in [-0.2, -0.15) is 0 Å². The van der Waals surface area contributed by atoms with E-state index in [1.807, 2.05) is 0 Å². The van der Waals surface area contributed by atoms with E-state index in [0.29, 0.717) is 0 Å². The molecule has 6 heteroatoms.